The minimum absolute atomic E-state index is 0.0166. The second-order valence-electron chi connectivity index (χ2n) is 6.36. The fraction of sp³-hybridized carbons (Fsp3) is 0.923. The molecule has 0 aliphatic carbocycles. The molecule has 0 aromatic heterocycles. The number of amides is 1. The molecule has 3 unspecified atom stereocenters. The Morgan fingerprint density at radius 2 is 2.18 bits per heavy atom. The van der Waals surface area contributed by atoms with Crippen LogP contribution in [0.4, 0.5) is 0 Å². The summed E-state index contributed by atoms with van der Waals surface area (Å²) in [6.07, 6.45) is 2.23. The number of hydrogen-bond acceptors (Lipinski definition) is 3. The van der Waals surface area contributed by atoms with Crippen LogP contribution in [0.3, 0.4) is 0 Å². The molecule has 1 amide bonds. The highest BCUT2D eigenvalue weighted by atomic mass is 16.3. The smallest absolute Gasteiger partial charge is 0.237 e. The molecule has 0 aromatic carbocycles. The highest BCUT2D eigenvalue weighted by molar-refractivity contribution is 5.82. The standard InChI is InChI=1S/C13H26N2O2/c1-9(5-6-13(2,3)4)15-12(17)11-7-10(16)8-14-11/h9-11,14,16H,5-8H2,1-4H3,(H,15,17). The third kappa shape index (κ3) is 5.50. The van der Waals surface area contributed by atoms with E-state index >= 15 is 0 Å². The van der Waals surface area contributed by atoms with Crippen LogP contribution in [0.1, 0.15) is 47.0 Å². The van der Waals surface area contributed by atoms with Gasteiger partial charge in [0.05, 0.1) is 12.1 Å². The predicted octanol–water partition coefficient (Wildman–Crippen LogP) is 1.04. The lowest BCUT2D eigenvalue weighted by molar-refractivity contribution is -0.123. The third-order valence-electron chi connectivity index (χ3n) is 3.14. The van der Waals surface area contributed by atoms with Gasteiger partial charge in [0.25, 0.3) is 0 Å². The minimum Gasteiger partial charge on any atom is -0.392 e. The zero-order valence-corrected chi connectivity index (χ0v) is 11.4. The van der Waals surface area contributed by atoms with Crippen molar-refractivity contribution >= 4 is 5.91 Å². The molecule has 0 saturated carbocycles. The van der Waals surface area contributed by atoms with Crippen molar-refractivity contribution in [3.63, 3.8) is 0 Å². The van der Waals surface area contributed by atoms with Gasteiger partial charge in [-0.1, -0.05) is 20.8 Å². The lowest BCUT2D eigenvalue weighted by Crippen LogP contribution is -2.44. The van der Waals surface area contributed by atoms with Crippen molar-refractivity contribution in [2.75, 3.05) is 6.54 Å². The van der Waals surface area contributed by atoms with Gasteiger partial charge in [-0.05, 0) is 31.6 Å². The SMILES string of the molecule is CC(CCC(C)(C)C)NC(=O)C1CC(O)CN1. The van der Waals surface area contributed by atoms with Crippen LogP contribution < -0.4 is 10.6 Å². The molecule has 3 atom stereocenters. The van der Waals surface area contributed by atoms with Gasteiger partial charge in [-0.2, -0.15) is 0 Å². The van der Waals surface area contributed by atoms with E-state index in [1.165, 1.54) is 0 Å². The molecule has 100 valence electrons. The lowest BCUT2D eigenvalue weighted by atomic mass is 9.89. The van der Waals surface area contributed by atoms with Crippen LogP contribution in [-0.4, -0.2) is 35.7 Å². The summed E-state index contributed by atoms with van der Waals surface area (Å²) in [5.41, 5.74) is 0.306. The molecule has 4 heteroatoms. The first-order valence-corrected chi connectivity index (χ1v) is 6.50. The monoisotopic (exact) mass is 242 g/mol. The second kappa shape index (κ2) is 5.83. The van der Waals surface area contributed by atoms with Crippen LogP contribution in [0.15, 0.2) is 0 Å². The normalized spacial score (nSPS) is 26.9. The van der Waals surface area contributed by atoms with Gasteiger partial charge in [0, 0.05) is 12.6 Å². The van der Waals surface area contributed by atoms with E-state index in [0.717, 1.165) is 12.8 Å². The molecular formula is C13H26N2O2. The average molecular weight is 242 g/mol. The van der Waals surface area contributed by atoms with Gasteiger partial charge in [0.1, 0.15) is 0 Å². The van der Waals surface area contributed by atoms with E-state index in [9.17, 15) is 9.90 Å². The molecule has 1 fully saturated rings. The van der Waals surface area contributed by atoms with E-state index in [2.05, 4.69) is 31.4 Å². The van der Waals surface area contributed by atoms with Crippen molar-refractivity contribution in [3.05, 3.63) is 0 Å². The zero-order valence-electron chi connectivity index (χ0n) is 11.4. The van der Waals surface area contributed by atoms with E-state index < -0.39 is 0 Å². The summed E-state index contributed by atoms with van der Waals surface area (Å²) in [4.78, 5) is 11.8. The van der Waals surface area contributed by atoms with Gasteiger partial charge in [-0.3, -0.25) is 4.79 Å². The van der Waals surface area contributed by atoms with Crippen LogP contribution in [0.2, 0.25) is 0 Å². The van der Waals surface area contributed by atoms with Crippen LogP contribution in [-0.2, 0) is 4.79 Å². The Balaban J connectivity index is 2.26. The zero-order chi connectivity index (χ0) is 13.1. The van der Waals surface area contributed by atoms with Gasteiger partial charge < -0.3 is 15.7 Å². The quantitative estimate of drug-likeness (QED) is 0.690. The molecule has 1 rings (SSSR count). The molecule has 3 N–H and O–H groups in total. The summed E-state index contributed by atoms with van der Waals surface area (Å²) in [7, 11) is 0. The molecule has 0 bridgehead atoms. The van der Waals surface area contributed by atoms with Crippen LogP contribution in [0, 0.1) is 5.41 Å². The Labute approximate surface area is 104 Å². The number of rotatable bonds is 4. The number of aliphatic hydroxyl groups excluding tert-OH is 1. The van der Waals surface area contributed by atoms with Gasteiger partial charge in [0.2, 0.25) is 5.91 Å². The second-order valence-corrected chi connectivity index (χ2v) is 6.36. The Hall–Kier alpha value is -0.610. The first-order valence-electron chi connectivity index (χ1n) is 6.50. The van der Waals surface area contributed by atoms with Crippen LogP contribution in [0.5, 0.6) is 0 Å². The van der Waals surface area contributed by atoms with Gasteiger partial charge in [-0.25, -0.2) is 0 Å². The number of hydrogen-bond donors (Lipinski definition) is 3. The summed E-state index contributed by atoms with van der Waals surface area (Å²) in [6, 6.07) is -0.0247. The molecule has 1 saturated heterocycles. The minimum atomic E-state index is -0.379. The van der Waals surface area contributed by atoms with Crippen molar-refractivity contribution < 1.29 is 9.90 Å². The number of carbonyl (C=O) groups is 1. The van der Waals surface area contributed by atoms with Crippen molar-refractivity contribution in [1.82, 2.24) is 10.6 Å². The molecule has 17 heavy (non-hydrogen) atoms. The molecule has 0 radical (unpaired) electrons. The highest BCUT2D eigenvalue weighted by Gasteiger charge is 2.28. The summed E-state index contributed by atoms with van der Waals surface area (Å²) in [5, 5.41) is 15.4. The van der Waals surface area contributed by atoms with E-state index in [1.54, 1.807) is 0 Å². The molecule has 1 heterocycles. The molecule has 0 aromatic rings. The van der Waals surface area contributed by atoms with E-state index in [4.69, 9.17) is 0 Å². The summed E-state index contributed by atoms with van der Waals surface area (Å²) in [6.45, 7) is 9.17. The molecule has 1 aliphatic rings. The topological polar surface area (TPSA) is 61.4 Å². The van der Waals surface area contributed by atoms with Crippen LogP contribution in [0.25, 0.3) is 0 Å². The lowest BCUT2D eigenvalue weighted by Gasteiger charge is -2.22. The summed E-state index contributed by atoms with van der Waals surface area (Å²) in [5.74, 6) is 0.0166. The number of nitrogens with one attached hydrogen (secondary N) is 2. The van der Waals surface area contributed by atoms with E-state index in [0.29, 0.717) is 18.4 Å². The third-order valence-corrected chi connectivity index (χ3v) is 3.14. The largest absolute Gasteiger partial charge is 0.392 e. The maximum Gasteiger partial charge on any atom is 0.237 e. The van der Waals surface area contributed by atoms with Crippen LogP contribution >= 0.6 is 0 Å². The summed E-state index contributed by atoms with van der Waals surface area (Å²) < 4.78 is 0. The average Bonchev–Trinajstić information content (AvgIpc) is 2.61. The highest BCUT2D eigenvalue weighted by Crippen LogP contribution is 2.21. The maximum absolute atomic E-state index is 11.8. The number of aliphatic hydroxyl groups is 1. The first kappa shape index (κ1) is 14.5. The maximum atomic E-state index is 11.8. The summed E-state index contributed by atoms with van der Waals surface area (Å²) >= 11 is 0. The Morgan fingerprint density at radius 1 is 1.53 bits per heavy atom. The number of carbonyl (C=O) groups excluding carboxylic acids is 1. The fourth-order valence-electron chi connectivity index (χ4n) is 1.98. The first-order chi connectivity index (χ1) is 7.78. The Morgan fingerprint density at radius 3 is 2.65 bits per heavy atom. The van der Waals surface area contributed by atoms with E-state index in [-0.39, 0.29) is 24.1 Å². The molecule has 1 aliphatic heterocycles. The fourth-order valence-corrected chi connectivity index (χ4v) is 1.98. The van der Waals surface area contributed by atoms with Crippen molar-refractivity contribution in [2.24, 2.45) is 5.41 Å². The number of β-amino-alcohol motifs (C(OH)–C–C–N with tert-alkyl or cyclic N) is 1. The van der Waals surface area contributed by atoms with Gasteiger partial charge in [0.15, 0.2) is 0 Å². The Kier molecular flexibility index (Phi) is 4.95. The van der Waals surface area contributed by atoms with Gasteiger partial charge >= 0.3 is 0 Å². The van der Waals surface area contributed by atoms with Gasteiger partial charge in [-0.15, -0.1) is 0 Å². The Bertz CT molecular complexity index is 261. The predicted molar refractivity (Wildman–Crippen MR) is 68.7 cm³/mol. The van der Waals surface area contributed by atoms with Crippen molar-refractivity contribution in [1.29, 1.82) is 0 Å². The van der Waals surface area contributed by atoms with Crippen molar-refractivity contribution in [3.8, 4) is 0 Å². The molecule has 0 spiro atoms. The van der Waals surface area contributed by atoms with E-state index in [1.807, 2.05) is 6.92 Å². The molecular weight excluding hydrogens is 216 g/mol. The van der Waals surface area contributed by atoms with Crippen molar-refractivity contribution in [2.45, 2.75) is 65.1 Å². The molecule has 4 nitrogen and oxygen atoms in total.